The van der Waals surface area contributed by atoms with Gasteiger partial charge >= 0.3 is 0 Å². The summed E-state index contributed by atoms with van der Waals surface area (Å²) in [6.07, 6.45) is 0. The van der Waals surface area contributed by atoms with Crippen LogP contribution in [0.4, 0.5) is 17.1 Å². The van der Waals surface area contributed by atoms with Crippen LogP contribution in [0.2, 0.25) is 0 Å². The van der Waals surface area contributed by atoms with Crippen LogP contribution in [0.25, 0.3) is 87.3 Å². The van der Waals surface area contributed by atoms with Gasteiger partial charge in [0, 0.05) is 27.7 Å². The Morgan fingerprint density at radius 1 is 0.278 bits per heavy atom. The fourth-order valence-electron chi connectivity index (χ4n) is 8.46. The molecule has 0 unspecified atom stereocenters. The lowest BCUT2D eigenvalue weighted by Crippen LogP contribution is -2.11. The molecule has 11 rings (SSSR count). The second kappa shape index (κ2) is 12.2. The minimum absolute atomic E-state index is 0.908. The molecule has 0 radical (unpaired) electrons. The number of anilines is 3. The molecule has 0 saturated heterocycles. The van der Waals surface area contributed by atoms with Gasteiger partial charge in [-0.05, 0) is 114 Å². The summed E-state index contributed by atoms with van der Waals surface area (Å²) in [5.41, 5.74) is 9.90. The molecule has 0 aliphatic carbocycles. The molecule has 0 bridgehead atoms. The zero-order valence-electron chi connectivity index (χ0n) is 29.4. The Labute approximate surface area is 312 Å². The predicted octanol–water partition coefficient (Wildman–Crippen LogP) is 15.0. The van der Waals surface area contributed by atoms with E-state index in [1.54, 1.807) is 0 Å². The monoisotopic (exact) mass is 687 g/mol. The molecule has 1 heterocycles. The van der Waals surface area contributed by atoms with Gasteiger partial charge in [0.25, 0.3) is 0 Å². The number of nitrogens with zero attached hydrogens (tertiary/aromatic N) is 1. The summed E-state index contributed by atoms with van der Waals surface area (Å²) in [6, 6.07) is 72.5. The summed E-state index contributed by atoms with van der Waals surface area (Å²) in [5, 5.41) is 12.0. The van der Waals surface area contributed by atoms with Gasteiger partial charge in [0.1, 0.15) is 11.2 Å². The van der Waals surface area contributed by atoms with Crippen LogP contribution in [0.15, 0.2) is 205 Å². The lowest BCUT2D eigenvalue weighted by molar-refractivity contribution is 0.669. The normalized spacial score (nSPS) is 11.7. The molecule has 0 fully saturated rings. The van der Waals surface area contributed by atoms with Gasteiger partial charge in [-0.1, -0.05) is 146 Å². The van der Waals surface area contributed by atoms with Crippen LogP contribution in [0.3, 0.4) is 0 Å². The van der Waals surface area contributed by atoms with Crippen molar-refractivity contribution in [3.8, 4) is 22.3 Å². The van der Waals surface area contributed by atoms with Crippen LogP contribution < -0.4 is 4.90 Å². The lowest BCUT2D eigenvalue weighted by atomic mass is 9.88. The average Bonchev–Trinajstić information content (AvgIpc) is 3.60. The molecule has 0 aliphatic rings. The highest BCUT2D eigenvalue weighted by Gasteiger charge is 2.21. The Hall–Kier alpha value is -7.16. The molecular weight excluding hydrogens is 655 g/mol. The van der Waals surface area contributed by atoms with Gasteiger partial charge in [0.15, 0.2) is 0 Å². The van der Waals surface area contributed by atoms with Gasteiger partial charge in [0.2, 0.25) is 0 Å². The summed E-state index contributed by atoms with van der Waals surface area (Å²) in [6.45, 7) is 0. The molecule has 11 aromatic rings. The zero-order chi connectivity index (χ0) is 35.6. The Kier molecular flexibility index (Phi) is 6.90. The number of hydrogen-bond donors (Lipinski definition) is 0. The van der Waals surface area contributed by atoms with Crippen LogP contribution in [0.5, 0.6) is 0 Å². The molecule has 252 valence electrons. The molecule has 0 N–H and O–H groups in total. The fraction of sp³-hybridized carbons (Fsp3) is 0. The lowest BCUT2D eigenvalue weighted by Gasteiger charge is -2.29. The first-order valence-electron chi connectivity index (χ1n) is 18.5. The summed E-state index contributed by atoms with van der Waals surface area (Å²) in [5.74, 6) is 0. The van der Waals surface area contributed by atoms with Gasteiger partial charge in [-0.3, -0.25) is 0 Å². The Bertz CT molecular complexity index is 3240. The van der Waals surface area contributed by atoms with Crippen molar-refractivity contribution >= 4 is 82.1 Å². The van der Waals surface area contributed by atoms with Crippen molar-refractivity contribution in [2.24, 2.45) is 0 Å². The zero-order valence-corrected chi connectivity index (χ0v) is 29.4. The van der Waals surface area contributed by atoms with Crippen LogP contribution in [-0.2, 0) is 0 Å². The Morgan fingerprint density at radius 2 is 0.833 bits per heavy atom. The largest absolute Gasteiger partial charge is 0.456 e. The Morgan fingerprint density at radius 3 is 1.65 bits per heavy atom. The maximum absolute atomic E-state index is 6.27. The number of benzene rings is 10. The quantitative estimate of drug-likeness (QED) is 0.168. The van der Waals surface area contributed by atoms with E-state index < -0.39 is 0 Å². The van der Waals surface area contributed by atoms with E-state index in [9.17, 15) is 0 Å². The first-order chi connectivity index (χ1) is 26.8. The highest BCUT2D eigenvalue weighted by atomic mass is 16.3. The number of rotatable bonds is 5. The number of para-hydroxylation sites is 2. The van der Waals surface area contributed by atoms with Crippen molar-refractivity contribution in [1.82, 2.24) is 0 Å². The number of fused-ring (bicyclic) bond motifs is 8. The topological polar surface area (TPSA) is 16.4 Å². The molecule has 10 aromatic carbocycles. The average molecular weight is 688 g/mol. The summed E-state index contributed by atoms with van der Waals surface area (Å²) in [7, 11) is 0. The van der Waals surface area contributed by atoms with E-state index in [2.05, 4.69) is 193 Å². The molecule has 0 aliphatic heterocycles. The predicted molar refractivity (Wildman–Crippen MR) is 229 cm³/mol. The molecule has 2 nitrogen and oxygen atoms in total. The highest BCUT2D eigenvalue weighted by molar-refractivity contribution is 6.15. The molecule has 0 amide bonds. The van der Waals surface area contributed by atoms with Crippen molar-refractivity contribution in [3.63, 3.8) is 0 Å². The van der Waals surface area contributed by atoms with Crippen LogP contribution in [-0.4, -0.2) is 0 Å². The molecule has 0 spiro atoms. The first-order valence-corrected chi connectivity index (χ1v) is 18.5. The van der Waals surface area contributed by atoms with E-state index in [1.165, 1.54) is 49.0 Å². The Balaban J connectivity index is 1.15. The molecule has 2 heteroatoms. The highest BCUT2D eigenvalue weighted by Crippen LogP contribution is 2.46. The van der Waals surface area contributed by atoms with Gasteiger partial charge < -0.3 is 9.32 Å². The van der Waals surface area contributed by atoms with Gasteiger partial charge in [-0.15, -0.1) is 0 Å². The molecular formula is C52H33NO. The summed E-state index contributed by atoms with van der Waals surface area (Å²) >= 11 is 0. The van der Waals surface area contributed by atoms with E-state index in [0.29, 0.717) is 0 Å². The second-order valence-corrected chi connectivity index (χ2v) is 14.1. The maximum Gasteiger partial charge on any atom is 0.136 e. The van der Waals surface area contributed by atoms with Crippen LogP contribution in [0, 0.1) is 0 Å². The van der Waals surface area contributed by atoms with Crippen molar-refractivity contribution in [3.05, 3.63) is 200 Å². The SMILES string of the molecule is c1ccc(-c2cc3ccccc3c3ccccc23)c(-c2ccccc2N(c2ccc3ccccc3c2)c2ccc3cc4oc5ccccc5c4cc3c2)c1. The van der Waals surface area contributed by atoms with E-state index >= 15 is 0 Å². The summed E-state index contributed by atoms with van der Waals surface area (Å²) in [4.78, 5) is 2.42. The maximum atomic E-state index is 6.27. The van der Waals surface area contributed by atoms with E-state index in [0.717, 1.165) is 55.3 Å². The number of hydrogen-bond acceptors (Lipinski definition) is 2. The van der Waals surface area contributed by atoms with Crippen molar-refractivity contribution in [2.75, 3.05) is 4.90 Å². The molecule has 0 atom stereocenters. The van der Waals surface area contributed by atoms with Gasteiger partial charge in [-0.25, -0.2) is 0 Å². The van der Waals surface area contributed by atoms with Crippen molar-refractivity contribution < 1.29 is 4.42 Å². The van der Waals surface area contributed by atoms with Crippen LogP contribution >= 0.6 is 0 Å². The minimum Gasteiger partial charge on any atom is -0.456 e. The van der Waals surface area contributed by atoms with Crippen LogP contribution in [0.1, 0.15) is 0 Å². The van der Waals surface area contributed by atoms with Gasteiger partial charge in [-0.2, -0.15) is 0 Å². The smallest absolute Gasteiger partial charge is 0.136 e. The third kappa shape index (κ3) is 4.88. The molecule has 1 aromatic heterocycles. The minimum atomic E-state index is 0.908. The van der Waals surface area contributed by atoms with Crippen molar-refractivity contribution in [1.29, 1.82) is 0 Å². The first kappa shape index (κ1) is 30.5. The third-order valence-corrected chi connectivity index (χ3v) is 11.0. The van der Waals surface area contributed by atoms with Crippen molar-refractivity contribution in [2.45, 2.75) is 0 Å². The summed E-state index contributed by atoms with van der Waals surface area (Å²) < 4.78 is 6.27. The third-order valence-electron chi connectivity index (χ3n) is 11.0. The van der Waals surface area contributed by atoms with E-state index in [4.69, 9.17) is 4.42 Å². The van der Waals surface area contributed by atoms with E-state index in [-0.39, 0.29) is 0 Å². The standard InChI is InChI=1S/C52H33NO/c1-2-14-35-29-39(27-25-34(35)13-1)53(40-28-26-36-33-52-49(32-38(36)30-40)47-22-10-12-24-51(47)54-52)50-23-11-9-21-46(50)43-18-6-8-20-45(43)48-31-37-15-3-4-16-41(37)42-17-5-7-19-44(42)48/h1-33H. The second-order valence-electron chi connectivity index (χ2n) is 14.1. The van der Waals surface area contributed by atoms with E-state index in [1.807, 2.05) is 12.1 Å². The van der Waals surface area contributed by atoms with Gasteiger partial charge in [0.05, 0.1) is 5.69 Å². The number of furan rings is 1. The molecule has 54 heavy (non-hydrogen) atoms. The fourth-order valence-corrected chi connectivity index (χ4v) is 8.46. The molecule has 0 saturated carbocycles.